The van der Waals surface area contributed by atoms with E-state index in [1.807, 2.05) is 49.8 Å². The molecule has 9 rings (SSSR count). The number of hydrogen-bond donors (Lipinski definition) is 5. The van der Waals surface area contributed by atoms with Crippen LogP contribution in [0.15, 0.2) is 60.8 Å². The Kier molecular flexibility index (Phi) is 9.81. The van der Waals surface area contributed by atoms with E-state index < -0.39 is 30.4 Å². The molecule has 0 spiro atoms. The summed E-state index contributed by atoms with van der Waals surface area (Å²) in [6.07, 6.45) is 3.93. The molecule has 0 radical (unpaired) electrons. The summed E-state index contributed by atoms with van der Waals surface area (Å²) >= 11 is 0. The van der Waals surface area contributed by atoms with E-state index >= 15 is 0 Å². The van der Waals surface area contributed by atoms with Gasteiger partial charge in [-0.2, -0.15) is 0 Å². The van der Waals surface area contributed by atoms with Gasteiger partial charge in [0.05, 0.1) is 49.2 Å². The van der Waals surface area contributed by atoms with Gasteiger partial charge in [0.1, 0.15) is 29.9 Å². The van der Waals surface area contributed by atoms with Crippen LogP contribution in [0.2, 0.25) is 0 Å². The van der Waals surface area contributed by atoms with Crippen molar-refractivity contribution >= 4 is 45.8 Å². The Balaban J connectivity index is 0.930. The number of benzene rings is 3. The fraction of sp³-hybridized carbons (Fsp3) is 0.455. The van der Waals surface area contributed by atoms with Crippen LogP contribution < -0.4 is 16.0 Å². The van der Waals surface area contributed by atoms with Crippen LogP contribution in [-0.4, -0.2) is 98.2 Å². The maximum Gasteiger partial charge on any atom is 0.407 e. The van der Waals surface area contributed by atoms with Gasteiger partial charge in [0.25, 0.3) is 0 Å². The Bertz CT molecular complexity index is 2440. The number of hydrogen-bond acceptors (Lipinski definition) is 9. The Morgan fingerprint density at radius 3 is 2.10 bits per heavy atom. The van der Waals surface area contributed by atoms with Crippen LogP contribution in [0.4, 0.5) is 9.59 Å². The third-order valence-corrected chi connectivity index (χ3v) is 12.8. The van der Waals surface area contributed by atoms with Crippen LogP contribution in [0.5, 0.6) is 0 Å². The third kappa shape index (κ3) is 6.84. The van der Waals surface area contributed by atoms with E-state index in [9.17, 15) is 19.2 Å². The van der Waals surface area contributed by atoms with Crippen molar-refractivity contribution in [2.45, 2.75) is 95.8 Å². The second kappa shape index (κ2) is 15.0. The Morgan fingerprint density at radius 2 is 1.42 bits per heavy atom. The number of carbonyl (C=O) groups excluding carboxylic acids is 4. The van der Waals surface area contributed by atoms with E-state index in [2.05, 4.69) is 74.4 Å². The number of ether oxygens (including phenoxy) is 2. The van der Waals surface area contributed by atoms with Crippen molar-refractivity contribution in [2.24, 2.45) is 17.8 Å². The maximum atomic E-state index is 14.0. The molecule has 15 heteroatoms. The number of aromatic amines is 2. The molecule has 4 aliphatic rings. The summed E-state index contributed by atoms with van der Waals surface area (Å²) < 4.78 is 9.63. The second-order valence-electron chi connectivity index (χ2n) is 17.1. The highest BCUT2D eigenvalue weighted by Gasteiger charge is 2.56. The van der Waals surface area contributed by atoms with Crippen LogP contribution in [0, 0.1) is 17.8 Å². The van der Waals surface area contributed by atoms with E-state index in [4.69, 9.17) is 19.4 Å². The fourth-order valence-electron chi connectivity index (χ4n) is 9.64. The molecule has 2 aromatic heterocycles. The molecule has 2 saturated carbocycles. The molecule has 15 nitrogen and oxygen atoms in total. The molecule has 5 N–H and O–H groups in total. The van der Waals surface area contributed by atoms with E-state index in [1.54, 1.807) is 0 Å². The van der Waals surface area contributed by atoms with Crippen molar-refractivity contribution in [1.29, 1.82) is 0 Å². The molecule has 2 saturated heterocycles. The Labute approximate surface area is 342 Å². The van der Waals surface area contributed by atoms with Crippen LogP contribution >= 0.6 is 0 Å². The monoisotopic (exact) mass is 801 g/mol. The minimum atomic E-state index is -0.724. The van der Waals surface area contributed by atoms with Crippen molar-refractivity contribution in [3.63, 3.8) is 0 Å². The van der Waals surface area contributed by atoms with Gasteiger partial charge in [-0.1, -0.05) is 70.2 Å². The lowest BCUT2D eigenvalue weighted by Gasteiger charge is -2.37. The molecule has 59 heavy (non-hydrogen) atoms. The summed E-state index contributed by atoms with van der Waals surface area (Å²) in [5.74, 6) is 1.24. The zero-order chi connectivity index (χ0) is 41.3. The zero-order valence-corrected chi connectivity index (χ0v) is 34.1. The number of carbonyl (C=O) groups is 4. The lowest BCUT2D eigenvalue weighted by Crippen LogP contribution is -2.54. The number of H-pyrrole nitrogens is 2. The highest BCUT2D eigenvalue weighted by Crippen LogP contribution is 2.50. The molecule has 8 atom stereocenters. The largest absolute Gasteiger partial charge is 0.453 e. The first kappa shape index (κ1) is 38.6. The Hall–Kier alpha value is -5.96. The topological polar surface area (TPSA) is 187 Å². The number of rotatable bonds is 10. The summed E-state index contributed by atoms with van der Waals surface area (Å²) in [5, 5.41) is 11.1. The smallest absolute Gasteiger partial charge is 0.407 e. The van der Waals surface area contributed by atoms with Crippen molar-refractivity contribution in [3.8, 4) is 22.4 Å². The fourth-order valence-corrected chi connectivity index (χ4v) is 9.64. The number of amides is 4. The average Bonchev–Trinajstić information content (AvgIpc) is 3.86. The van der Waals surface area contributed by atoms with E-state index in [0.717, 1.165) is 75.7 Å². The number of nitrogens with zero attached hydrogens (tertiary/aromatic N) is 4. The summed E-state index contributed by atoms with van der Waals surface area (Å²) in [7, 11) is 2.60. The number of piperidine rings is 1. The summed E-state index contributed by atoms with van der Waals surface area (Å²) in [4.78, 5) is 72.7. The van der Waals surface area contributed by atoms with E-state index in [-0.39, 0.29) is 47.8 Å². The standard InChI is InChI=1S/C44H51N9O6/c1-21(2)34(50-43(56)58-5)41(54)52-28-14-11-27(18-28)37(52)38-45-20-32(47-38)24-9-7-23(8-10-24)25-12-15-29-26(17-25)13-16-30-36(29)49-39(46-30)40-48-31-19-33(31)53(40)42(55)35(22(3)4)51-44(57)59-6/h7-10,12-13,15-17,20-22,27-28,31,33-35,37,40,48H,11,14,18-19H2,1-6H3,(H,45,47)(H,46,49)(H,50,56)(H,51,57)/t27-,28+,31-,33+,34-,35-,37-,40+/m0/s1. The Morgan fingerprint density at radius 1 is 0.763 bits per heavy atom. The van der Waals surface area contributed by atoms with Gasteiger partial charge < -0.3 is 39.9 Å². The second-order valence-corrected chi connectivity index (χ2v) is 17.1. The van der Waals surface area contributed by atoms with Gasteiger partial charge in [-0.15, -0.1) is 0 Å². The van der Waals surface area contributed by atoms with Crippen molar-refractivity contribution in [1.82, 2.24) is 45.7 Å². The molecular weight excluding hydrogens is 751 g/mol. The zero-order valence-electron chi connectivity index (χ0n) is 34.1. The predicted octanol–water partition coefficient (Wildman–Crippen LogP) is 6.16. The van der Waals surface area contributed by atoms with Gasteiger partial charge in [-0.3, -0.25) is 14.9 Å². The molecule has 4 amide bonds. The lowest BCUT2D eigenvalue weighted by molar-refractivity contribution is -0.139. The molecule has 2 bridgehead atoms. The maximum absolute atomic E-state index is 14.0. The molecular formula is C44H51N9O6. The predicted molar refractivity (Wildman–Crippen MR) is 221 cm³/mol. The van der Waals surface area contributed by atoms with Crippen LogP contribution in [0.25, 0.3) is 44.2 Å². The number of aromatic nitrogens is 4. The first-order chi connectivity index (χ1) is 28.4. The highest BCUT2D eigenvalue weighted by molar-refractivity contribution is 6.05. The third-order valence-electron chi connectivity index (χ3n) is 12.8. The van der Waals surface area contributed by atoms with Gasteiger partial charge in [0.2, 0.25) is 11.8 Å². The number of methoxy groups -OCH3 is 2. The van der Waals surface area contributed by atoms with Crippen molar-refractivity contribution in [2.75, 3.05) is 14.2 Å². The number of nitrogens with one attached hydrogen (secondary N) is 5. The molecule has 0 unspecified atom stereocenters. The molecule has 2 aliphatic carbocycles. The first-order valence-corrected chi connectivity index (χ1v) is 20.6. The first-order valence-electron chi connectivity index (χ1n) is 20.6. The summed E-state index contributed by atoms with van der Waals surface area (Å²) in [5.41, 5.74) is 5.69. The molecule has 308 valence electrons. The normalized spacial score (nSPS) is 24.1. The number of likely N-dealkylation sites (tertiary alicyclic amines) is 1. The van der Waals surface area contributed by atoms with E-state index in [0.29, 0.717) is 11.7 Å². The quantitative estimate of drug-likeness (QED) is 0.110. The van der Waals surface area contributed by atoms with Gasteiger partial charge >= 0.3 is 12.2 Å². The van der Waals surface area contributed by atoms with Crippen LogP contribution in [-0.2, 0) is 19.1 Å². The minimum absolute atomic E-state index is 0.0479. The highest BCUT2D eigenvalue weighted by atomic mass is 16.5. The number of alkyl carbamates (subject to hydrolysis) is 2. The van der Waals surface area contributed by atoms with Crippen LogP contribution in [0.3, 0.4) is 0 Å². The van der Waals surface area contributed by atoms with Gasteiger partial charge in [0, 0.05) is 17.5 Å². The lowest BCUT2D eigenvalue weighted by atomic mass is 9.95. The van der Waals surface area contributed by atoms with Gasteiger partial charge in [-0.25, -0.2) is 19.6 Å². The summed E-state index contributed by atoms with van der Waals surface area (Å²) in [6, 6.07) is 17.6. The van der Waals surface area contributed by atoms with Crippen molar-refractivity contribution in [3.05, 3.63) is 72.4 Å². The SMILES string of the molecule is COC(=O)N[C@H](C(=O)N1[C@@H]2CC[C@@H](C2)[C@H]1c1ncc(-c2ccc(-c3ccc4c(ccc5nc([C@@H]6N[C@H]7C[C@H]7N6C(=O)[C@@H](NC(=O)OC)C(C)C)[nH]c54)c3)cc2)[nH]1)C(C)C. The summed E-state index contributed by atoms with van der Waals surface area (Å²) in [6.45, 7) is 7.67. The number of imidazole rings is 2. The van der Waals surface area contributed by atoms with Gasteiger partial charge in [-0.05, 0) is 77.6 Å². The average molecular weight is 802 g/mol. The molecule has 2 aliphatic heterocycles. The van der Waals surface area contributed by atoms with Crippen LogP contribution in [0.1, 0.15) is 77.2 Å². The molecule has 4 heterocycles. The number of fused-ring (bicyclic) bond motifs is 6. The molecule has 3 aromatic carbocycles. The molecule has 4 fully saturated rings. The van der Waals surface area contributed by atoms with E-state index in [1.165, 1.54) is 14.2 Å². The minimum Gasteiger partial charge on any atom is -0.453 e. The van der Waals surface area contributed by atoms with Crippen molar-refractivity contribution < 1.29 is 28.7 Å². The van der Waals surface area contributed by atoms with Gasteiger partial charge in [0.15, 0.2) is 0 Å². The molecule has 5 aromatic rings.